The second kappa shape index (κ2) is 21.9. The highest BCUT2D eigenvalue weighted by molar-refractivity contribution is 5.85. The molecule has 0 N–H and O–H groups in total. The van der Waals surface area contributed by atoms with E-state index in [0.29, 0.717) is 0 Å². The molecule has 0 amide bonds. The van der Waals surface area contributed by atoms with E-state index in [0.717, 1.165) is 90.5 Å². The Balaban J connectivity index is 0.805. The van der Waals surface area contributed by atoms with Crippen molar-refractivity contribution in [1.29, 1.82) is 0 Å². The summed E-state index contributed by atoms with van der Waals surface area (Å²) in [6.45, 7) is 0. The maximum absolute atomic E-state index is 2.34. The van der Waals surface area contributed by atoms with Crippen molar-refractivity contribution in [2.75, 3.05) is 19.6 Å². The van der Waals surface area contributed by atoms with Crippen LogP contribution in [0.15, 0.2) is 328 Å². The molecule has 0 aliphatic carbocycles. The first-order chi connectivity index (χ1) is 37.7. The highest BCUT2D eigenvalue weighted by atomic mass is 15.2. The Morgan fingerprint density at radius 2 is 0.224 bits per heavy atom. The molecular formula is C72H54N4. The molecule has 0 unspecified atom stereocenters. The number of nitrogens with zero attached hydrogens (tertiary/aromatic N) is 4. The van der Waals surface area contributed by atoms with Crippen molar-refractivity contribution < 1.29 is 0 Å². The number of hydrogen-bond acceptors (Lipinski definition) is 4. The van der Waals surface area contributed by atoms with Crippen LogP contribution in [0.4, 0.5) is 68.2 Å². The second-order valence-electron chi connectivity index (χ2n) is 18.6. The van der Waals surface area contributed by atoms with Crippen LogP contribution in [0.25, 0.3) is 33.4 Å². The monoisotopic (exact) mass is 974 g/mol. The first kappa shape index (κ1) is 46.9. The average Bonchev–Trinajstić information content (AvgIpc) is 3.52. The summed E-state index contributed by atoms with van der Waals surface area (Å²) in [4.78, 5) is 9.24. The van der Waals surface area contributed by atoms with E-state index in [1.807, 2.05) is 0 Å². The normalized spacial score (nSPS) is 10.9. The predicted molar refractivity (Wildman–Crippen MR) is 321 cm³/mol. The molecule has 0 aliphatic rings. The van der Waals surface area contributed by atoms with E-state index in [9.17, 15) is 0 Å². The summed E-state index contributed by atoms with van der Waals surface area (Å²) in [7, 11) is 0. The van der Waals surface area contributed by atoms with Gasteiger partial charge in [0.1, 0.15) is 0 Å². The van der Waals surface area contributed by atoms with Crippen molar-refractivity contribution in [2.24, 2.45) is 0 Å². The summed E-state index contributed by atoms with van der Waals surface area (Å²) >= 11 is 0. The minimum Gasteiger partial charge on any atom is -0.311 e. The van der Waals surface area contributed by atoms with Gasteiger partial charge in [-0.3, -0.25) is 0 Å². The van der Waals surface area contributed by atoms with Gasteiger partial charge in [-0.15, -0.1) is 0 Å². The summed E-state index contributed by atoms with van der Waals surface area (Å²) in [6, 6.07) is 117. The first-order valence-electron chi connectivity index (χ1n) is 25.8. The van der Waals surface area contributed by atoms with E-state index in [4.69, 9.17) is 0 Å². The zero-order valence-corrected chi connectivity index (χ0v) is 42.0. The maximum atomic E-state index is 2.34. The molecule has 12 aromatic rings. The van der Waals surface area contributed by atoms with Crippen LogP contribution in [0.5, 0.6) is 0 Å². The smallest absolute Gasteiger partial charge is 0.0463 e. The Kier molecular flexibility index (Phi) is 13.5. The third-order valence-corrected chi connectivity index (χ3v) is 13.8. The average molecular weight is 975 g/mol. The lowest BCUT2D eigenvalue weighted by Gasteiger charge is -2.28. The van der Waals surface area contributed by atoms with Crippen LogP contribution in [-0.2, 0) is 0 Å². The lowest BCUT2D eigenvalue weighted by Crippen LogP contribution is -2.12. The van der Waals surface area contributed by atoms with Crippen LogP contribution in [0.2, 0.25) is 0 Å². The van der Waals surface area contributed by atoms with Gasteiger partial charge in [-0.2, -0.15) is 0 Å². The summed E-state index contributed by atoms with van der Waals surface area (Å²) in [6.07, 6.45) is 0. The standard InChI is InChI=1S/C72H54N4/c1-7-19-55(20-8-1)58-35-41-67(42-36-58)76(72-53-49-70(50-54-72)74(63-25-13-4-14-26-63)64-27-15-5-16-28-64)68-45-39-60(40-46-68)57-33-31-56(32-34-57)59-37-43-66(44-38-59)75(65-29-17-6-18-30-65)71-51-47-69(48-52-71)73(61-21-9-2-10-22-61)62-23-11-3-12-24-62/h1-54H. The zero-order valence-electron chi connectivity index (χ0n) is 42.0. The Labute approximate surface area is 446 Å². The largest absolute Gasteiger partial charge is 0.311 e. The molecule has 0 heterocycles. The van der Waals surface area contributed by atoms with Crippen molar-refractivity contribution in [3.63, 3.8) is 0 Å². The van der Waals surface area contributed by atoms with Crippen LogP contribution >= 0.6 is 0 Å². The van der Waals surface area contributed by atoms with E-state index in [1.165, 1.54) is 11.1 Å². The number of hydrogen-bond donors (Lipinski definition) is 0. The molecule has 0 radical (unpaired) electrons. The highest BCUT2D eigenvalue weighted by Gasteiger charge is 2.19. The molecule has 0 saturated carbocycles. The van der Waals surface area contributed by atoms with Crippen LogP contribution in [0.1, 0.15) is 0 Å². The van der Waals surface area contributed by atoms with Gasteiger partial charge in [0.05, 0.1) is 0 Å². The van der Waals surface area contributed by atoms with Crippen LogP contribution in [0, 0.1) is 0 Å². The van der Waals surface area contributed by atoms with Gasteiger partial charge in [0.25, 0.3) is 0 Å². The van der Waals surface area contributed by atoms with Crippen molar-refractivity contribution >= 4 is 68.2 Å². The fourth-order valence-corrected chi connectivity index (χ4v) is 10.1. The number of benzene rings is 12. The molecule has 12 aromatic carbocycles. The van der Waals surface area contributed by atoms with Gasteiger partial charge >= 0.3 is 0 Å². The molecule has 0 aliphatic heterocycles. The van der Waals surface area contributed by atoms with Gasteiger partial charge in [0, 0.05) is 68.2 Å². The molecule has 0 saturated heterocycles. The van der Waals surface area contributed by atoms with Crippen LogP contribution in [-0.4, -0.2) is 0 Å². The van der Waals surface area contributed by atoms with Crippen molar-refractivity contribution in [3.05, 3.63) is 328 Å². The third-order valence-electron chi connectivity index (χ3n) is 13.8. The van der Waals surface area contributed by atoms with Gasteiger partial charge in [-0.1, -0.05) is 182 Å². The van der Waals surface area contributed by atoms with E-state index in [1.54, 1.807) is 0 Å². The summed E-state index contributed by atoms with van der Waals surface area (Å²) in [5, 5.41) is 0. The molecule has 362 valence electrons. The molecule has 0 aromatic heterocycles. The van der Waals surface area contributed by atoms with E-state index >= 15 is 0 Å². The topological polar surface area (TPSA) is 13.0 Å². The fourth-order valence-electron chi connectivity index (χ4n) is 10.1. The first-order valence-corrected chi connectivity index (χ1v) is 25.8. The van der Waals surface area contributed by atoms with Crippen molar-refractivity contribution in [2.45, 2.75) is 0 Å². The summed E-state index contributed by atoms with van der Waals surface area (Å²) in [5.41, 5.74) is 20.1. The van der Waals surface area contributed by atoms with E-state index in [2.05, 4.69) is 347 Å². The lowest BCUT2D eigenvalue weighted by atomic mass is 9.99. The predicted octanol–water partition coefficient (Wildman–Crippen LogP) is 20.6. The maximum Gasteiger partial charge on any atom is 0.0463 e. The Morgan fingerprint density at radius 3 is 0.408 bits per heavy atom. The van der Waals surface area contributed by atoms with Gasteiger partial charge in [-0.25, -0.2) is 0 Å². The number of anilines is 12. The number of rotatable bonds is 15. The minimum atomic E-state index is 1.07. The highest BCUT2D eigenvalue weighted by Crippen LogP contribution is 2.42. The molecular weight excluding hydrogens is 921 g/mol. The third kappa shape index (κ3) is 10.1. The zero-order chi connectivity index (χ0) is 50.9. The second-order valence-corrected chi connectivity index (χ2v) is 18.6. The Bertz CT molecular complexity index is 3650. The van der Waals surface area contributed by atoms with E-state index in [-0.39, 0.29) is 0 Å². The fraction of sp³-hybridized carbons (Fsp3) is 0. The molecule has 0 fully saturated rings. The van der Waals surface area contributed by atoms with Gasteiger partial charge < -0.3 is 19.6 Å². The van der Waals surface area contributed by atoms with Crippen molar-refractivity contribution in [1.82, 2.24) is 0 Å². The SMILES string of the molecule is c1ccc(-c2ccc(N(c3ccc(-c4ccc(-c5ccc(N(c6ccccc6)c6ccc(N(c7ccccc7)c7ccccc7)cc6)cc5)cc4)cc3)c3ccc(N(c4ccccc4)c4ccccc4)cc3)cc2)cc1. The minimum absolute atomic E-state index is 1.07. The molecule has 0 spiro atoms. The number of para-hydroxylation sites is 5. The molecule has 12 rings (SSSR count). The van der Waals surface area contributed by atoms with E-state index < -0.39 is 0 Å². The molecule has 4 heteroatoms. The quantitative estimate of drug-likeness (QED) is 0.101. The van der Waals surface area contributed by atoms with Crippen LogP contribution in [0.3, 0.4) is 0 Å². The Morgan fingerprint density at radius 1 is 0.105 bits per heavy atom. The molecule has 0 atom stereocenters. The Hall–Kier alpha value is -10.2. The van der Waals surface area contributed by atoms with Crippen molar-refractivity contribution in [3.8, 4) is 33.4 Å². The lowest BCUT2D eigenvalue weighted by molar-refractivity contribution is 1.26. The van der Waals surface area contributed by atoms with Crippen LogP contribution < -0.4 is 19.6 Å². The molecule has 0 bridgehead atoms. The summed E-state index contributed by atoms with van der Waals surface area (Å²) < 4.78 is 0. The van der Waals surface area contributed by atoms with Gasteiger partial charge in [-0.05, 0) is 179 Å². The molecule has 4 nitrogen and oxygen atoms in total. The van der Waals surface area contributed by atoms with Gasteiger partial charge in [0.2, 0.25) is 0 Å². The molecule has 76 heavy (non-hydrogen) atoms. The summed E-state index contributed by atoms with van der Waals surface area (Å²) in [5.74, 6) is 0. The van der Waals surface area contributed by atoms with Gasteiger partial charge in [0.15, 0.2) is 0 Å².